The van der Waals surface area contributed by atoms with Gasteiger partial charge in [-0.2, -0.15) is 5.26 Å². The van der Waals surface area contributed by atoms with Crippen LogP contribution in [-0.2, 0) is 4.79 Å². The fourth-order valence-corrected chi connectivity index (χ4v) is 4.15. The van der Waals surface area contributed by atoms with Crippen LogP contribution < -0.4 is 9.47 Å². The summed E-state index contributed by atoms with van der Waals surface area (Å²) in [5.74, 6) is -0.338. The van der Waals surface area contributed by atoms with E-state index in [1.54, 1.807) is 37.4 Å². The molecule has 0 radical (unpaired) electrons. The molecule has 8 nitrogen and oxygen atoms in total. The predicted molar refractivity (Wildman–Crippen MR) is 125 cm³/mol. The van der Waals surface area contributed by atoms with Crippen LogP contribution in [0.25, 0.3) is 6.08 Å². The molecular weight excluding hydrogens is 498 g/mol. The van der Waals surface area contributed by atoms with Crippen LogP contribution in [0.2, 0.25) is 0 Å². The van der Waals surface area contributed by atoms with Crippen molar-refractivity contribution in [2.45, 2.75) is 6.92 Å². The summed E-state index contributed by atoms with van der Waals surface area (Å²) < 4.78 is 11.7. The lowest BCUT2D eigenvalue weighted by atomic mass is 10.2. The number of nitriles is 1. The number of halogens is 1. The molecule has 0 bridgehead atoms. The molecule has 0 aliphatic carbocycles. The summed E-state index contributed by atoms with van der Waals surface area (Å²) in [6, 6.07) is 11.4. The zero-order valence-corrected chi connectivity index (χ0v) is 19.6. The van der Waals surface area contributed by atoms with Crippen molar-refractivity contribution in [3.8, 4) is 17.6 Å². The van der Waals surface area contributed by atoms with E-state index in [4.69, 9.17) is 19.8 Å². The average molecular weight is 516 g/mol. The Labute approximate surface area is 197 Å². The van der Waals surface area contributed by atoms with Gasteiger partial charge < -0.3 is 14.6 Å². The van der Waals surface area contributed by atoms with Crippen LogP contribution in [0, 0.1) is 11.3 Å². The molecule has 0 atom stereocenters. The number of aliphatic imine (C=N–C) groups is 1. The molecular formula is C22H18BrN3O5S. The highest BCUT2D eigenvalue weighted by atomic mass is 79.9. The van der Waals surface area contributed by atoms with Crippen molar-refractivity contribution in [1.29, 1.82) is 5.26 Å². The number of carboxylic acid groups (broad SMARTS) is 1. The topological polar surface area (TPSA) is 112 Å². The van der Waals surface area contributed by atoms with E-state index >= 15 is 0 Å². The Morgan fingerprint density at radius 2 is 1.97 bits per heavy atom. The minimum absolute atomic E-state index is 0.112. The maximum Gasteiger partial charge on any atom is 0.335 e. The van der Waals surface area contributed by atoms with Crippen molar-refractivity contribution in [2.24, 2.45) is 4.99 Å². The number of carbonyl (C=O) groups excluding carboxylic acids is 1. The molecule has 1 aliphatic heterocycles. The van der Waals surface area contributed by atoms with Crippen molar-refractivity contribution in [3.63, 3.8) is 0 Å². The van der Waals surface area contributed by atoms with E-state index in [1.165, 1.54) is 28.8 Å². The number of thioether (sulfide) groups is 1. The van der Waals surface area contributed by atoms with Crippen LogP contribution >= 0.6 is 27.7 Å². The van der Waals surface area contributed by atoms with E-state index < -0.39 is 5.97 Å². The molecule has 1 amide bonds. The van der Waals surface area contributed by atoms with Crippen molar-refractivity contribution in [1.82, 2.24) is 4.90 Å². The quantitative estimate of drug-likeness (QED) is 0.532. The maximum absolute atomic E-state index is 12.8. The van der Waals surface area contributed by atoms with Crippen LogP contribution in [0.1, 0.15) is 22.8 Å². The number of hydrogen-bond acceptors (Lipinski definition) is 7. The van der Waals surface area contributed by atoms with E-state index in [1.807, 2.05) is 13.0 Å². The van der Waals surface area contributed by atoms with Crippen molar-refractivity contribution in [2.75, 3.05) is 20.3 Å². The molecule has 2 aromatic carbocycles. The van der Waals surface area contributed by atoms with Gasteiger partial charge in [-0.1, -0.05) is 15.9 Å². The van der Waals surface area contributed by atoms with E-state index in [-0.39, 0.29) is 18.1 Å². The second kappa shape index (κ2) is 10.3. The number of rotatable bonds is 7. The lowest BCUT2D eigenvalue weighted by molar-refractivity contribution is -0.121. The molecule has 0 spiro atoms. The molecule has 1 fully saturated rings. The number of amidine groups is 1. The van der Waals surface area contributed by atoms with Gasteiger partial charge in [-0.15, -0.1) is 0 Å². The molecule has 0 unspecified atom stereocenters. The Balaban J connectivity index is 1.90. The number of aromatic carboxylic acids is 1. The summed E-state index contributed by atoms with van der Waals surface area (Å²) in [5.41, 5.74) is 1.40. The van der Waals surface area contributed by atoms with E-state index in [2.05, 4.69) is 20.9 Å². The lowest BCUT2D eigenvalue weighted by Crippen LogP contribution is -2.23. The van der Waals surface area contributed by atoms with Gasteiger partial charge in [0, 0.05) is 11.5 Å². The van der Waals surface area contributed by atoms with Gasteiger partial charge in [0.15, 0.2) is 23.3 Å². The number of hydrogen-bond donors (Lipinski definition) is 1. The van der Waals surface area contributed by atoms with Gasteiger partial charge in [-0.05, 0) is 66.7 Å². The highest BCUT2D eigenvalue weighted by molar-refractivity contribution is 9.10. The third-order valence-electron chi connectivity index (χ3n) is 4.28. The highest BCUT2D eigenvalue weighted by Gasteiger charge is 2.30. The summed E-state index contributed by atoms with van der Waals surface area (Å²) in [5, 5.41) is 18.2. The Morgan fingerprint density at radius 1 is 1.28 bits per heavy atom. The van der Waals surface area contributed by atoms with Crippen molar-refractivity contribution < 1.29 is 24.2 Å². The van der Waals surface area contributed by atoms with E-state index in [0.29, 0.717) is 43.9 Å². The van der Waals surface area contributed by atoms with Gasteiger partial charge in [0.05, 0.1) is 22.8 Å². The van der Waals surface area contributed by atoms with Gasteiger partial charge in [0.2, 0.25) is 0 Å². The first-order valence-corrected chi connectivity index (χ1v) is 11.0. The van der Waals surface area contributed by atoms with Crippen LogP contribution in [0.5, 0.6) is 11.5 Å². The zero-order valence-electron chi connectivity index (χ0n) is 17.2. The fourth-order valence-electron chi connectivity index (χ4n) is 2.73. The number of benzene rings is 2. The van der Waals surface area contributed by atoms with E-state index in [0.717, 1.165) is 0 Å². The summed E-state index contributed by atoms with van der Waals surface area (Å²) in [7, 11) is 1.63. The molecule has 1 N–H and O–H groups in total. The highest BCUT2D eigenvalue weighted by Crippen LogP contribution is 2.38. The number of nitrogens with zero attached hydrogens (tertiary/aromatic N) is 3. The molecule has 32 heavy (non-hydrogen) atoms. The van der Waals surface area contributed by atoms with Gasteiger partial charge in [0.1, 0.15) is 6.07 Å². The number of carboxylic acids is 1. The van der Waals surface area contributed by atoms with Gasteiger partial charge >= 0.3 is 5.97 Å². The molecule has 1 saturated heterocycles. The van der Waals surface area contributed by atoms with E-state index in [9.17, 15) is 9.59 Å². The molecule has 0 saturated carbocycles. The normalized spacial score (nSPS) is 15.8. The lowest BCUT2D eigenvalue weighted by Gasteiger charge is -2.12. The Kier molecular flexibility index (Phi) is 7.56. The van der Waals surface area contributed by atoms with Crippen molar-refractivity contribution in [3.05, 3.63) is 56.9 Å². The van der Waals surface area contributed by atoms with Gasteiger partial charge in [0.25, 0.3) is 5.91 Å². The smallest absolute Gasteiger partial charge is 0.335 e. The first kappa shape index (κ1) is 23.4. The zero-order chi connectivity index (χ0) is 23.3. The van der Waals surface area contributed by atoms with Crippen LogP contribution in [0.4, 0.5) is 5.69 Å². The Morgan fingerprint density at radius 3 is 2.59 bits per heavy atom. The van der Waals surface area contributed by atoms with Crippen LogP contribution in [-0.4, -0.2) is 47.3 Å². The monoisotopic (exact) mass is 515 g/mol. The molecule has 164 valence electrons. The minimum Gasteiger partial charge on any atom is -0.490 e. The number of ether oxygens (including phenoxy) is 2. The van der Waals surface area contributed by atoms with Crippen LogP contribution in [0.3, 0.4) is 0 Å². The summed E-state index contributed by atoms with van der Waals surface area (Å²) >= 11 is 4.69. The Hall–Kier alpha value is -3.29. The first-order chi connectivity index (χ1) is 15.3. The molecule has 2 aromatic rings. The first-order valence-electron chi connectivity index (χ1n) is 9.39. The molecule has 3 rings (SSSR count). The van der Waals surface area contributed by atoms with Crippen molar-refractivity contribution >= 4 is 56.5 Å². The third-order valence-corrected chi connectivity index (χ3v) is 6.03. The maximum atomic E-state index is 12.8. The summed E-state index contributed by atoms with van der Waals surface area (Å²) in [4.78, 5) is 30.1. The minimum atomic E-state index is -1.02. The number of likely N-dealkylation sites (N-methyl/N-ethyl adjacent to an activating group) is 1. The number of amides is 1. The standard InChI is InChI=1S/C22H18BrN3O5S/c1-3-30-17-10-14(16(23)12-18(17)31-9-8-24)11-19-20(27)26(2)22(32-19)25-15-6-4-13(5-7-15)21(28)29/h4-7,10-12H,3,9H2,1-2H3,(H,28,29)/b19-11-,25-22?. The van der Waals surface area contributed by atoms with Gasteiger partial charge in [-0.25, -0.2) is 9.79 Å². The van der Waals surface area contributed by atoms with Gasteiger partial charge in [-0.3, -0.25) is 9.69 Å². The average Bonchev–Trinajstić information content (AvgIpc) is 3.03. The molecule has 10 heteroatoms. The SMILES string of the molecule is CCOc1cc(/C=C2\SC(=Nc3ccc(C(=O)O)cc3)N(C)C2=O)c(Br)cc1OCC#N. The predicted octanol–water partition coefficient (Wildman–Crippen LogP) is 4.68. The molecule has 0 aromatic heterocycles. The second-order valence-electron chi connectivity index (χ2n) is 6.42. The number of carbonyl (C=O) groups is 2. The molecule has 1 heterocycles. The molecule has 1 aliphatic rings. The fraction of sp³-hybridized carbons (Fsp3) is 0.182. The Bertz CT molecular complexity index is 1160. The summed E-state index contributed by atoms with van der Waals surface area (Å²) in [6.07, 6.45) is 1.72. The van der Waals surface area contributed by atoms with Crippen LogP contribution in [0.15, 0.2) is 50.8 Å². The largest absolute Gasteiger partial charge is 0.490 e. The third kappa shape index (κ3) is 5.30. The second-order valence-corrected chi connectivity index (χ2v) is 8.28. The summed E-state index contributed by atoms with van der Waals surface area (Å²) in [6.45, 7) is 2.14.